The molecule has 0 nitrogen and oxygen atoms in total. The fourth-order valence-electron chi connectivity index (χ4n) is 0. The largest absolute Gasteiger partial charge is 0 e. The summed E-state index contributed by atoms with van der Waals surface area (Å²) in [5, 5.41) is 0. The van der Waals surface area contributed by atoms with Crippen molar-refractivity contribution in [1.82, 2.24) is 0 Å². The van der Waals surface area contributed by atoms with Crippen LogP contribution in [0.1, 0.15) is 0 Å². The molecule has 0 aromatic carbocycles. The van der Waals surface area contributed by atoms with E-state index in [2.05, 4.69) is 0 Å². The normalized spacial score (nSPS) is 0. The first-order valence-corrected chi connectivity index (χ1v) is 0. The molecule has 0 saturated heterocycles. The van der Waals surface area contributed by atoms with Crippen molar-refractivity contribution in [2.45, 2.75) is 0 Å². The van der Waals surface area contributed by atoms with Crippen LogP contribution in [0.2, 0.25) is 0 Å². The molecule has 0 fully saturated rings. The molecule has 0 unspecified atom stereocenters. The van der Waals surface area contributed by atoms with Gasteiger partial charge in [0.1, 0.15) is 0 Å². The van der Waals surface area contributed by atoms with Crippen molar-refractivity contribution in [3.63, 3.8) is 0 Å². The van der Waals surface area contributed by atoms with E-state index in [1.165, 1.54) is 0 Å². The van der Waals surface area contributed by atoms with Crippen LogP contribution in [0.4, 0.5) is 0 Å². The number of hydrogen-bond donors (Lipinski definition) is 0. The summed E-state index contributed by atoms with van der Waals surface area (Å²) in [5.41, 5.74) is 0. The van der Waals surface area contributed by atoms with Gasteiger partial charge in [-0.05, 0) is 0 Å². The topological polar surface area (TPSA) is 0 Å². The van der Waals surface area contributed by atoms with Crippen molar-refractivity contribution in [2.75, 3.05) is 0 Å². The summed E-state index contributed by atoms with van der Waals surface area (Å²) < 4.78 is 0. The molecule has 0 heterocycles. The zero-order valence-corrected chi connectivity index (χ0v) is 10.7. The quantitative estimate of drug-likeness (QED) is 0.321. The van der Waals surface area contributed by atoms with E-state index in [1.807, 2.05) is 0 Å². The summed E-state index contributed by atoms with van der Waals surface area (Å²) in [6.07, 6.45) is 0. The molecule has 4 heavy (non-hydrogen) atoms. The third-order valence-corrected chi connectivity index (χ3v) is 0. The van der Waals surface area contributed by atoms with Crippen LogP contribution in [-0.4, -0.2) is 106 Å². The van der Waals surface area contributed by atoms with Crippen molar-refractivity contribution in [1.29, 1.82) is 0 Å². The maximum absolute atomic E-state index is 0. The summed E-state index contributed by atoms with van der Waals surface area (Å²) in [6.45, 7) is 0. The van der Waals surface area contributed by atoms with Crippen molar-refractivity contribution in [3.05, 3.63) is 0 Å². The maximum atomic E-state index is 0. The van der Waals surface area contributed by atoms with Gasteiger partial charge < -0.3 is 0 Å². The summed E-state index contributed by atoms with van der Waals surface area (Å²) in [4.78, 5) is 0. The minimum absolute atomic E-state index is 0. The molecular weight excluding hydrogens is 96.0 g/mol. The summed E-state index contributed by atoms with van der Waals surface area (Å²) in [5.74, 6) is 0. The van der Waals surface area contributed by atoms with Crippen LogP contribution in [-0.2, 0) is 0 Å². The molecule has 0 atom stereocenters. The van der Waals surface area contributed by atoms with E-state index in [0.717, 1.165) is 0 Å². The van der Waals surface area contributed by atoms with Gasteiger partial charge in [0.05, 0.1) is 0 Å². The molecule has 0 aromatic heterocycles. The third kappa shape index (κ3) is 9.11. The monoisotopic (exact) mass is 96.0 g/mol. The molecule has 0 aliphatic rings. The van der Waals surface area contributed by atoms with Crippen molar-refractivity contribution >= 4 is 106 Å². The molecule has 0 rings (SSSR count). The summed E-state index contributed by atoms with van der Waals surface area (Å²) in [7, 11) is 0. The fraction of sp³-hybridized carbons (Fsp3) is 0. The first-order chi connectivity index (χ1) is 0. The second-order valence-electron chi connectivity index (χ2n) is 0. The first-order valence-electron chi connectivity index (χ1n) is 0. The Morgan fingerprint density at radius 1 is 0.500 bits per heavy atom. The average Bonchev–Trinajstić information content (AvgIpc) is 0. The van der Waals surface area contributed by atoms with E-state index < -0.39 is 0 Å². The summed E-state index contributed by atoms with van der Waals surface area (Å²) >= 11 is 0. The van der Waals surface area contributed by atoms with Crippen LogP contribution < -0.4 is 0 Å². The molecule has 0 aliphatic heterocycles. The third-order valence-electron chi connectivity index (χ3n) is 0. The van der Waals surface area contributed by atoms with Gasteiger partial charge in [0.25, 0.3) is 0 Å². The SMILES string of the molecule is [Al].[Na].[Na].[Na]. The zero-order valence-electron chi connectivity index (χ0n) is 3.58. The Kier molecular flexibility index (Phi) is 103. The fourth-order valence-corrected chi connectivity index (χ4v) is 0. The van der Waals surface area contributed by atoms with Crippen molar-refractivity contribution in [3.8, 4) is 0 Å². The van der Waals surface area contributed by atoms with E-state index in [0.29, 0.717) is 0 Å². The smallest absolute Gasteiger partial charge is 0 e. The molecule has 0 aliphatic carbocycles. The predicted octanol–water partition coefficient (Wildman–Crippen LogP) is -1.52. The minimum Gasteiger partial charge on any atom is 0 e. The molecular formula is AlNa3. The van der Waals surface area contributed by atoms with Gasteiger partial charge in [-0.3, -0.25) is 0 Å². The molecule has 0 amide bonds. The molecule has 6 valence electrons. The van der Waals surface area contributed by atoms with Gasteiger partial charge in [0.15, 0.2) is 0 Å². The van der Waals surface area contributed by atoms with E-state index in [9.17, 15) is 0 Å². The van der Waals surface area contributed by atoms with Gasteiger partial charge in [-0.2, -0.15) is 0 Å². The molecule has 0 aromatic rings. The van der Waals surface area contributed by atoms with Crippen LogP contribution >= 0.6 is 0 Å². The number of hydrogen-bond acceptors (Lipinski definition) is 0. The Balaban J connectivity index is 0. The van der Waals surface area contributed by atoms with Gasteiger partial charge in [0, 0.05) is 106 Å². The molecule has 0 saturated carbocycles. The zero-order chi connectivity index (χ0) is 0. The van der Waals surface area contributed by atoms with E-state index >= 15 is 0 Å². The maximum Gasteiger partial charge on any atom is 0 e. The Morgan fingerprint density at radius 2 is 0.500 bits per heavy atom. The Hall–Kier alpha value is 3.53. The minimum atomic E-state index is 0. The first kappa shape index (κ1) is 25.8. The van der Waals surface area contributed by atoms with Crippen molar-refractivity contribution < 1.29 is 0 Å². The van der Waals surface area contributed by atoms with Gasteiger partial charge >= 0.3 is 0 Å². The molecule has 6 radical (unpaired) electrons. The van der Waals surface area contributed by atoms with E-state index in [4.69, 9.17) is 0 Å². The Labute approximate surface area is 103 Å². The standard InChI is InChI=1S/Al.3Na. The predicted molar refractivity (Wildman–Crippen MR) is 23.0 cm³/mol. The Morgan fingerprint density at radius 3 is 0.500 bits per heavy atom. The van der Waals surface area contributed by atoms with Gasteiger partial charge in [-0.15, -0.1) is 0 Å². The molecule has 0 bridgehead atoms. The van der Waals surface area contributed by atoms with Gasteiger partial charge in [0.2, 0.25) is 0 Å². The molecule has 0 N–H and O–H groups in total. The van der Waals surface area contributed by atoms with Crippen LogP contribution in [0.3, 0.4) is 0 Å². The number of rotatable bonds is 0. The van der Waals surface area contributed by atoms with Gasteiger partial charge in [-0.25, -0.2) is 0 Å². The Bertz CT molecular complexity index is 3.25. The van der Waals surface area contributed by atoms with Crippen molar-refractivity contribution in [2.24, 2.45) is 0 Å². The van der Waals surface area contributed by atoms with Crippen LogP contribution in [0.5, 0.6) is 0 Å². The van der Waals surface area contributed by atoms with Crippen LogP contribution in [0.25, 0.3) is 0 Å². The molecule has 0 spiro atoms. The van der Waals surface area contributed by atoms with Crippen LogP contribution in [0.15, 0.2) is 0 Å². The van der Waals surface area contributed by atoms with Crippen LogP contribution in [0, 0.1) is 0 Å². The van der Waals surface area contributed by atoms with E-state index in [1.54, 1.807) is 0 Å². The second-order valence-corrected chi connectivity index (χ2v) is 0. The summed E-state index contributed by atoms with van der Waals surface area (Å²) in [6, 6.07) is 0. The van der Waals surface area contributed by atoms with Gasteiger partial charge in [-0.1, -0.05) is 0 Å². The average molecular weight is 96.0 g/mol. The van der Waals surface area contributed by atoms with E-state index in [-0.39, 0.29) is 106 Å². The molecule has 4 heteroatoms. The second kappa shape index (κ2) is 16.0.